The largest absolute Gasteiger partial charge is 0.419 e. The average Bonchev–Trinajstić information content (AvgIpc) is 3.42. The number of benzene rings is 2. The number of halogens is 4. The van der Waals surface area contributed by atoms with Crippen molar-refractivity contribution >= 4 is 17.5 Å². The second-order valence-electron chi connectivity index (χ2n) is 7.74. The topological polar surface area (TPSA) is 85.2 Å². The molecule has 1 aliphatic rings. The number of nitrogens with two attached hydrogens (primary N) is 1. The van der Waals surface area contributed by atoms with Crippen LogP contribution in [-0.2, 0) is 6.18 Å². The Kier molecular flexibility index (Phi) is 5.96. The Morgan fingerprint density at radius 1 is 1.25 bits per heavy atom. The number of nitrogens with zero attached hydrogens (tertiary/aromatic N) is 3. The fourth-order valence-electron chi connectivity index (χ4n) is 3.81. The summed E-state index contributed by atoms with van der Waals surface area (Å²) in [6, 6.07) is 9.35. The summed E-state index contributed by atoms with van der Waals surface area (Å²) in [5.41, 5.74) is 5.46. The fourth-order valence-corrected chi connectivity index (χ4v) is 4.01. The minimum Gasteiger partial charge on any atom is -0.419 e. The van der Waals surface area contributed by atoms with Gasteiger partial charge in [0.05, 0.1) is 17.6 Å². The molecule has 1 saturated heterocycles. The van der Waals surface area contributed by atoms with Crippen LogP contribution in [0.3, 0.4) is 0 Å². The predicted octanol–water partition coefficient (Wildman–Crippen LogP) is 5.41. The van der Waals surface area contributed by atoms with Gasteiger partial charge < -0.3 is 15.1 Å². The molecule has 0 bridgehead atoms. The Bertz CT molecular complexity index is 1150. The molecule has 2 N–H and O–H groups in total. The number of amides is 1. The van der Waals surface area contributed by atoms with E-state index in [1.54, 1.807) is 30.0 Å². The van der Waals surface area contributed by atoms with Crippen LogP contribution in [0.2, 0.25) is 5.02 Å². The van der Waals surface area contributed by atoms with E-state index in [0.29, 0.717) is 18.0 Å². The van der Waals surface area contributed by atoms with Crippen LogP contribution in [-0.4, -0.2) is 27.5 Å². The Hall–Kier alpha value is -2.91. The van der Waals surface area contributed by atoms with Crippen molar-refractivity contribution in [2.24, 2.45) is 5.73 Å². The van der Waals surface area contributed by atoms with Gasteiger partial charge in [-0.25, -0.2) is 0 Å². The van der Waals surface area contributed by atoms with Gasteiger partial charge in [0.1, 0.15) is 0 Å². The number of hydrogen-bond donors (Lipinski definition) is 1. The minimum atomic E-state index is -4.66. The lowest BCUT2D eigenvalue weighted by molar-refractivity contribution is -0.137. The Labute approximate surface area is 187 Å². The normalized spacial score (nSPS) is 17.6. The van der Waals surface area contributed by atoms with Gasteiger partial charge in [0, 0.05) is 22.7 Å². The van der Waals surface area contributed by atoms with Crippen molar-refractivity contribution in [1.29, 1.82) is 0 Å². The maximum absolute atomic E-state index is 13.6. The summed E-state index contributed by atoms with van der Waals surface area (Å²) < 4.78 is 46.2. The van der Waals surface area contributed by atoms with Crippen molar-refractivity contribution in [2.45, 2.75) is 38.0 Å². The van der Waals surface area contributed by atoms with E-state index >= 15 is 0 Å². The molecule has 0 radical (unpaired) electrons. The first-order valence-corrected chi connectivity index (χ1v) is 10.4. The summed E-state index contributed by atoms with van der Waals surface area (Å²) in [6.45, 7) is 2.04. The lowest BCUT2D eigenvalue weighted by Crippen LogP contribution is -2.30. The van der Waals surface area contributed by atoms with E-state index in [1.165, 1.54) is 6.07 Å². The highest BCUT2D eigenvalue weighted by Gasteiger charge is 2.35. The highest BCUT2D eigenvalue weighted by atomic mass is 35.5. The van der Waals surface area contributed by atoms with Gasteiger partial charge in [-0.3, -0.25) is 4.79 Å². The molecule has 0 aliphatic carbocycles. The molecule has 1 aromatic heterocycles. The van der Waals surface area contributed by atoms with Crippen LogP contribution < -0.4 is 5.73 Å². The minimum absolute atomic E-state index is 0.000998. The monoisotopic (exact) mass is 464 g/mol. The van der Waals surface area contributed by atoms with E-state index in [2.05, 4.69) is 10.2 Å². The van der Waals surface area contributed by atoms with E-state index in [1.807, 2.05) is 6.07 Å². The highest BCUT2D eigenvalue weighted by molar-refractivity contribution is 6.30. The molecule has 32 heavy (non-hydrogen) atoms. The molecule has 6 nitrogen and oxygen atoms in total. The second kappa shape index (κ2) is 8.55. The third kappa shape index (κ3) is 4.49. The molecule has 2 aromatic carbocycles. The maximum atomic E-state index is 13.6. The van der Waals surface area contributed by atoms with Crippen LogP contribution in [0.5, 0.6) is 0 Å². The summed E-state index contributed by atoms with van der Waals surface area (Å²) in [4.78, 5) is 14.9. The number of rotatable bonds is 4. The highest BCUT2D eigenvalue weighted by Crippen LogP contribution is 2.37. The molecule has 4 rings (SSSR count). The molecular formula is C22H20ClF3N4O2. The molecule has 3 aromatic rings. The number of alkyl halides is 3. The first-order valence-electron chi connectivity index (χ1n) is 10.0. The molecule has 10 heteroatoms. The van der Waals surface area contributed by atoms with Crippen molar-refractivity contribution in [3.63, 3.8) is 0 Å². The third-order valence-electron chi connectivity index (χ3n) is 5.33. The van der Waals surface area contributed by atoms with E-state index in [0.717, 1.165) is 24.1 Å². The van der Waals surface area contributed by atoms with Gasteiger partial charge in [0.25, 0.3) is 5.91 Å². The van der Waals surface area contributed by atoms with Crippen molar-refractivity contribution in [3.05, 3.63) is 70.1 Å². The average molecular weight is 465 g/mol. The molecule has 2 heterocycles. The SMILES string of the molecule is CC(N)c1nnc(-c2cc(C(=O)N3CCCC3c3cccc(Cl)c3)cc(C(F)(F)F)c2)o1. The Morgan fingerprint density at radius 3 is 2.69 bits per heavy atom. The smallest absolute Gasteiger partial charge is 0.416 e. The zero-order valence-corrected chi connectivity index (χ0v) is 17.8. The molecule has 2 unspecified atom stereocenters. The maximum Gasteiger partial charge on any atom is 0.416 e. The van der Waals surface area contributed by atoms with Crippen LogP contribution in [0.4, 0.5) is 13.2 Å². The quantitative estimate of drug-likeness (QED) is 0.558. The van der Waals surface area contributed by atoms with Crippen molar-refractivity contribution in [1.82, 2.24) is 15.1 Å². The van der Waals surface area contributed by atoms with Gasteiger partial charge >= 0.3 is 6.18 Å². The zero-order chi connectivity index (χ0) is 23.0. The number of likely N-dealkylation sites (tertiary alicyclic amines) is 1. The molecule has 168 valence electrons. The molecule has 0 spiro atoms. The van der Waals surface area contributed by atoms with Gasteiger partial charge in [0.2, 0.25) is 11.8 Å². The molecule has 1 fully saturated rings. The first kappa shape index (κ1) is 22.3. The van der Waals surface area contributed by atoms with Crippen LogP contribution in [0, 0.1) is 0 Å². The molecule has 1 amide bonds. The number of hydrogen-bond acceptors (Lipinski definition) is 5. The summed E-state index contributed by atoms with van der Waals surface area (Å²) in [6.07, 6.45) is -3.23. The van der Waals surface area contributed by atoms with Gasteiger partial charge in [-0.2, -0.15) is 13.2 Å². The number of carbonyl (C=O) groups excluding carboxylic acids is 1. The van der Waals surface area contributed by atoms with E-state index in [4.69, 9.17) is 21.8 Å². The van der Waals surface area contributed by atoms with Crippen LogP contribution >= 0.6 is 11.6 Å². The third-order valence-corrected chi connectivity index (χ3v) is 5.57. The van der Waals surface area contributed by atoms with Crippen molar-refractivity contribution < 1.29 is 22.4 Å². The lowest BCUT2D eigenvalue weighted by Gasteiger charge is -2.26. The summed E-state index contributed by atoms with van der Waals surface area (Å²) in [5, 5.41) is 8.09. The van der Waals surface area contributed by atoms with E-state index in [-0.39, 0.29) is 29.0 Å². The van der Waals surface area contributed by atoms with Gasteiger partial charge in [-0.15, -0.1) is 10.2 Å². The van der Waals surface area contributed by atoms with E-state index < -0.39 is 23.7 Å². The molecule has 0 saturated carbocycles. The van der Waals surface area contributed by atoms with Crippen LogP contribution in [0.1, 0.15) is 59.2 Å². The Balaban J connectivity index is 1.73. The van der Waals surface area contributed by atoms with Gasteiger partial charge in [0.15, 0.2) is 0 Å². The summed E-state index contributed by atoms with van der Waals surface area (Å²) >= 11 is 6.09. The first-order chi connectivity index (χ1) is 15.1. The standard InChI is InChI=1S/C22H20ClF3N4O2/c1-12(27)19-28-29-20(32-19)14-8-15(10-16(9-14)22(24,25)26)21(31)30-7-3-6-18(30)13-4-2-5-17(23)11-13/h2,4-5,8-12,18H,3,6-7,27H2,1H3. The van der Waals surface area contributed by atoms with Crippen molar-refractivity contribution in [3.8, 4) is 11.5 Å². The van der Waals surface area contributed by atoms with E-state index in [9.17, 15) is 18.0 Å². The van der Waals surface area contributed by atoms with Crippen LogP contribution in [0.25, 0.3) is 11.5 Å². The fraction of sp³-hybridized carbons (Fsp3) is 0.318. The van der Waals surface area contributed by atoms with Crippen molar-refractivity contribution in [2.75, 3.05) is 6.54 Å². The zero-order valence-electron chi connectivity index (χ0n) is 17.1. The van der Waals surface area contributed by atoms with Crippen LogP contribution in [0.15, 0.2) is 46.9 Å². The number of aromatic nitrogens is 2. The summed E-state index contributed by atoms with van der Waals surface area (Å²) in [5.74, 6) is -0.553. The molecular weight excluding hydrogens is 445 g/mol. The summed E-state index contributed by atoms with van der Waals surface area (Å²) in [7, 11) is 0. The lowest BCUT2D eigenvalue weighted by atomic mass is 10.0. The Morgan fingerprint density at radius 2 is 2.03 bits per heavy atom. The van der Waals surface area contributed by atoms with Gasteiger partial charge in [-0.05, 0) is 55.7 Å². The second-order valence-corrected chi connectivity index (χ2v) is 8.18. The number of carbonyl (C=O) groups is 1. The van der Waals surface area contributed by atoms with Gasteiger partial charge in [-0.1, -0.05) is 23.7 Å². The molecule has 1 aliphatic heterocycles. The molecule has 2 atom stereocenters. The predicted molar refractivity (Wildman–Crippen MR) is 112 cm³/mol.